The summed E-state index contributed by atoms with van der Waals surface area (Å²) >= 11 is 0. The van der Waals surface area contributed by atoms with E-state index in [2.05, 4.69) is 30.2 Å². The summed E-state index contributed by atoms with van der Waals surface area (Å²) in [6, 6.07) is 5.56. The van der Waals surface area contributed by atoms with E-state index in [9.17, 15) is 15.0 Å². The molecule has 0 aliphatic carbocycles. The molecule has 5 aromatic rings. The molecule has 1 aromatic carbocycles. The van der Waals surface area contributed by atoms with Gasteiger partial charge in [-0.25, -0.2) is 9.97 Å². The maximum absolute atomic E-state index is 12.7. The van der Waals surface area contributed by atoms with Crippen molar-refractivity contribution in [1.82, 2.24) is 34.1 Å². The van der Waals surface area contributed by atoms with E-state index in [0.29, 0.717) is 17.2 Å². The summed E-state index contributed by atoms with van der Waals surface area (Å²) in [5.74, 6) is 0.548. The molecule has 4 aromatic heterocycles. The number of anilines is 3. The van der Waals surface area contributed by atoms with Crippen LogP contribution in [0.4, 0.5) is 17.6 Å². The summed E-state index contributed by atoms with van der Waals surface area (Å²) in [4.78, 5) is 33.1. The van der Waals surface area contributed by atoms with E-state index >= 15 is 0 Å². The molecule has 0 bridgehead atoms. The number of aliphatic hydroxyl groups is 2. The van der Waals surface area contributed by atoms with Gasteiger partial charge in [0.05, 0.1) is 35.8 Å². The number of nitrogens with one attached hydrogen (secondary N) is 2. The van der Waals surface area contributed by atoms with Crippen LogP contribution in [0, 0.1) is 0 Å². The lowest BCUT2D eigenvalue weighted by Crippen LogP contribution is -2.24. The Morgan fingerprint density at radius 1 is 1.29 bits per heavy atom. The van der Waals surface area contributed by atoms with Crippen LogP contribution >= 0.6 is 0 Å². The third-order valence-corrected chi connectivity index (χ3v) is 6.15. The molecular weight excluding hydrogens is 442 g/mol. The van der Waals surface area contributed by atoms with Gasteiger partial charge in [0.25, 0.3) is 5.56 Å². The second-order valence-corrected chi connectivity index (χ2v) is 8.20. The molecule has 0 unspecified atom stereocenters. The van der Waals surface area contributed by atoms with E-state index in [1.54, 1.807) is 15.3 Å². The van der Waals surface area contributed by atoms with Crippen molar-refractivity contribution >= 4 is 50.7 Å². The molecule has 13 heteroatoms. The van der Waals surface area contributed by atoms with Gasteiger partial charge in [-0.05, 0) is 18.2 Å². The molecule has 6 N–H and O–H groups in total. The van der Waals surface area contributed by atoms with Gasteiger partial charge >= 0.3 is 0 Å². The van der Waals surface area contributed by atoms with Crippen molar-refractivity contribution in [3.63, 3.8) is 0 Å². The first kappa shape index (κ1) is 20.5. The van der Waals surface area contributed by atoms with Gasteiger partial charge in [-0.2, -0.15) is 4.98 Å². The SMILES string of the molecule is Cn1c(N)nc2c3cccnc3c(Nc3nc4c(ncn4[C@H]4C[C@H](O)[C@@H](CO)O4)c(=O)[nH]3)cc21. The molecule has 3 atom stereocenters. The fraction of sp³-hybridized carbons (Fsp3) is 0.286. The smallest absolute Gasteiger partial charge is 0.280 e. The second kappa shape index (κ2) is 7.48. The van der Waals surface area contributed by atoms with Crippen LogP contribution in [0.5, 0.6) is 0 Å². The average molecular weight is 463 g/mol. The highest BCUT2D eigenvalue weighted by Gasteiger charge is 2.35. The number of nitrogen functional groups attached to an aromatic ring is 1. The lowest BCUT2D eigenvalue weighted by molar-refractivity contribution is -0.0432. The maximum Gasteiger partial charge on any atom is 0.280 e. The number of rotatable bonds is 4. The number of pyridine rings is 1. The monoisotopic (exact) mass is 463 g/mol. The Morgan fingerprint density at radius 3 is 2.94 bits per heavy atom. The third kappa shape index (κ3) is 3.02. The Morgan fingerprint density at radius 2 is 2.15 bits per heavy atom. The number of aryl methyl sites for hydroxylation is 1. The lowest BCUT2D eigenvalue weighted by atomic mass is 10.1. The number of nitrogens with zero attached hydrogens (tertiary/aromatic N) is 6. The minimum atomic E-state index is -0.831. The topological polar surface area (TPSA) is 182 Å². The highest BCUT2D eigenvalue weighted by Crippen LogP contribution is 2.33. The van der Waals surface area contributed by atoms with E-state index < -0.39 is 24.0 Å². The lowest BCUT2D eigenvalue weighted by Gasteiger charge is -2.14. The zero-order chi connectivity index (χ0) is 23.6. The van der Waals surface area contributed by atoms with Gasteiger partial charge in [0, 0.05) is 25.1 Å². The Kier molecular flexibility index (Phi) is 4.52. The molecular formula is C21H21N9O4. The Hall–Kier alpha value is -4.07. The number of imidazole rings is 2. The van der Waals surface area contributed by atoms with Gasteiger partial charge in [-0.3, -0.25) is 19.3 Å². The van der Waals surface area contributed by atoms with Gasteiger partial charge in [0.2, 0.25) is 11.9 Å². The predicted octanol–water partition coefficient (Wildman–Crippen LogP) is 0.521. The van der Waals surface area contributed by atoms with Gasteiger partial charge in [0.1, 0.15) is 17.8 Å². The maximum atomic E-state index is 12.7. The summed E-state index contributed by atoms with van der Waals surface area (Å²) in [6.45, 7) is -0.313. The largest absolute Gasteiger partial charge is 0.394 e. The number of aliphatic hydroxyl groups excluding tert-OH is 2. The van der Waals surface area contributed by atoms with Gasteiger partial charge in [0.15, 0.2) is 11.2 Å². The normalized spacial score (nSPS) is 20.6. The minimum Gasteiger partial charge on any atom is -0.394 e. The number of benzene rings is 1. The molecule has 174 valence electrons. The molecule has 1 fully saturated rings. The van der Waals surface area contributed by atoms with Crippen LogP contribution in [0.3, 0.4) is 0 Å². The third-order valence-electron chi connectivity index (χ3n) is 6.15. The molecule has 1 saturated heterocycles. The van der Waals surface area contributed by atoms with E-state index in [-0.39, 0.29) is 30.1 Å². The first-order valence-corrected chi connectivity index (χ1v) is 10.6. The molecule has 13 nitrogen and oxygen atoms in total. The predicted molar refractivity (Wildman–Crippen MR) is 123 cm³/mol. The molecule has 5 heterocycles. The minimum absolute atomic E-state index is 0.133. The van der Waals surface area contributed by atoms with Crippen molar-refractivity contribution in [2.75, 3.05) is 17.7 Å². The molecule has 0 radical (unpaired) electrons. The van der Waals surface area contributed by atoms with Crippen molar-refractivity contribution in [3.05, 3.63) is 41.1 Å². The molecule has 1 aliphatic heterocycles. The van der Waals surface area contributed by atoms with E-state index in [0.717, 1.165) is 16.4 Å². The molecule has 34 heavy (non-hydrogen) atoms. The fourth-order valence-corrected chi connectivity index (χ4v) is 4.38. The van der Waals surface area contributed by atoms with Crippen LogP contribution in [0.25, 0.3) is 33.1 Å². The number of aromatic amines is 1. The van der Waals surface area contributed by atoms with Gasteiger partial charge in [-0.1, -0.05) is 0 Å². The van der Waals surface area contributed by atoms with Crippen LogP contribution in [0.15, 0.2) is 35.5 Å². The highest BCUT2D eigenvalue weighted by atomic mass is 16.5. The molecule has 0 saturated carbocycles. The highest BCUT2D eigenvalue weighted by molar-refractivity contribution is 6.09. The number of nitrogens with two attached hydrogens (primary N) is 1. The fourth-order valence-electron chi connectivity index (χ4n) is 4.38. The Bertz CT molecular complexity index is 1620. The van der Waals surface area contributed by atoms with Gasteiger partial charge in [-0.15, -0.1) is 0 Å². The first-order valence-electron chi connectivity index (χ1n) is 10.6. The number of ether oxygens (including phenoxy) is 1. The Balaban J connectivity index is 1.47. The summed E-state index contributed by atoms with van der Waals surface area (Å²) in [5.41, 5.74) is 8.75. The van der Waals surface area contributed by atoms with Crippen LogP contribution in [0.2, 0.25) is 0 Å². The van der Waals surface area contributed by atoms with Crippen molar-refractivity contribution < 1.29 is 14.9 Å². The molecule has 0 spiro atoms. The van der Waals surface area contributed by atoms with Crippen LogP contribution in [-0.2, 0) is 11.8 Å². The number of hydrogen-bond donors (Lipinski definition) is 5. The Labute approximate surface area is 190 Å². The summed E-state index contributed by atoms with van der Waals surface area (Å²) in [6.07, 6.45) is 1.19. The summed E-state index contributed by atoms with van der Waals surface area (Å²) in [5, 5.41) is 23.5. The van der Waals surface area contributed by atoms with Crippen LogP contribution in [0.1, 0.15) is 12.6 Å². The zero-order valence-electron chi connectivity index (χ0n) is 18.0. The van der Waals surface area contributed by atoms with Crippen LogP contribution in [-0.4, -0.2) is 63.1 Å². The number of fused-ring (bicyclic) bond motifs is 4. The molecule has 0 amide bonds. The zero-order valence-corrected chi connectivity index (χ0v) is 18.0. The van der Waals surface area contributed by atoms with Crippen molar-refractivity contribution in [2.45, 2.75) is 24.9 Å². The number of H-pyrrole nitrogens is 1. The van der Waals surface area contributed by atoms with E-state index in [1.165, 1.54) is 6.33 Å². The number of aromatic nitrogens is 7. The van der Waals surface area contributed by atoms with Crippen molar-refractivity contribution in [2.24, 2.45) is 7.05 Å². The quantitative estimate of drug-likeness (QED) is 0.252. The van der Waals surface area contributed by atoms with Crippen molar-refractivity contribution in [3.8, 4) is 0 Å². The number of hydrogen-bond acceptors (Lipinski definition) is 10. The van der Waals surface area contributed by atoms with Crippen molar-refractivity contribution in [1.29, 1.82) is 0 Å². The van der Waals surface area contributed by atoms with Crippen LogP contribution < -0.4 is 16.6 Å². The first-order chi connectivity index (χ1) is 16.4. The average Bonchev–Trinajstić information content (AvgIpc) is 3.50. The van der Waals surface area contributed by atoms with E-state index in [1.807, 2.05) is 25.2 Å². The van der Waals surface area contributed by atoms with Gasteiger partial charge < -0.3 is 30.6 Å². The summed E-state index contributed by atoms with van der Waals surface area (Å²) < 4.78 is 9.06. The molecule has 6 rings (SSSR count). The standard InChI is InChI=1S/C21H21N9O4/c1-29-11-5-10(15-9(3-2-4-23-15)16(11)26-20(29)22)25-21-27-18-17(19(33)28-21)24-8-30(18)14-6-12(32)13(7-31)34-14/h2-5,8,12-14,31-32H,6-7H2,1H3,(H2,22,26)(H2,25,27,28,33)/t12-,13+,14+/m0/s1. The second-order valence-electron chi connectivity index (χ2n) is 8.20. The molecule has 1 aliphatic rings. The summed E-state index contributed by atoms with van der Waals surface area (Å²) in [7, 11) is 1.82. The van der Waals surface area contributed by atoms with E-state index in [4.69, 9.17) is 10.5 Å².